The molecule has 0 N–H and O–H groups in total. The minimum absolute atomic E-state index is 0.0295. The topological polar surface area (TPSA) is 71.5 Å². The summed E-state index contributed by atoms with van der Waals surface area (Å²) < 4.78 is 53.0. The van der Waals surface area contributed by atoms with Crippen molar-refractivity contribution in [3.8, 4) is 0 Å². The van der Waals surface area contributed by atoms with Crippen LogP contribution < -0.4 is 0 Å². The van der Waals surface area contributed by atoms with E-state index in [1.807, 2.05) is 0 Å². The van der Waals surface area contributed by atoms with Gasteiger partial charge in [0.25, 0.3) is 0 Å². The Morgan fingerprint density at radius 1 is 0.852 bits per heavy atom. The van der Waals surface area contributed by atoms with Crippen LogP contribution in [0.15, 0.2) is 57.2 Å². The highest BCUT2D eigenvalue weighted by atomic mass is 35.5. The summed E-state index contributed by atoms with van der Waals surface area (Å²) in [6.07, 6.45) is 1.58. The van der Waals surface area contributed by atoms with Crippen molar-refractivity contribution in [3.63, 3.8) is 0 Å². The maximum absolute atomic E-state index is 12.9. The van der Waals surface area contributed by atoms with E-state index in [2.05, 4.69) is 6.92 Å². The quantitative estimate of drug-likeness (QED) is 0.701. The van der Waals surface area contributed by atoms with Crippen molar-refractivity contribution in [2.45, 2.75) is 34.5 Å². The number of hydrogen-bond donors (Lipinski definition) is 0. The number of sulfonamides is 1. The molecular formula is C18H19Cl2NO4S2. The maximum atomic E-state index is 12.9. The molecular weight excluding hydrogens is 429 g/mol. The van der Waals surface area contributed by atoms with E-state index in [1.54, 1.807) is 0 Å². The highest BCUT2D eigenvalue weighted by Gasteiger charge is 2.29. The lowest BCUT2D eigenvalue weighted by Crippen LogP contribution is -2.37. The largest absolute Gasteiger partial charge is 0.243 e. The zero-order valence-corrected chi connectivity index (χ0v) is 17.7. The minimum atomic E-state index is -3.93. The van der Waals surface area contributed by atoms with Gasteiger partial charge in [0.05, 0.1) is 24.7 Å². The van der Waals surface area contributed by atoms with Gasteiger partial charge in [0, 0.05) is 13.1 Å². The molecule has 0 radical (unpaired) electrons. The van der Waals surface area contributed by atoms with Crippen LogP contribution in [0.1, 0.15) is 19.8 Å². The zero-order valence-electron chi connectivity index (χ0n) is 14.6. The average molecular weight is 448 g/mol. The van der Waals surface area contributed by atoms with Crippen LogP contribution in [0.5, 0.6) is 0 Å². The lowest BCUT2D eigenvalue weighted by atomic mass is 10.0. The average Bonchev–Trinajstić information content (AvgIpc) is 2.64. The third kappa shape index (κ3) is 4.17. The number of nitrogens with zero attached hydrogens (tertiary/aromatic N) is 1. The summed E-state index contributed by atoms with van der Waals surface area (Å²) in [7, 11) is -7.67. The monoisotopic (exact) mass is 447 g/mol. The molecule has 5 nitrogen and oxygen atoms in total. The first-order valence-electron chi connectivity index (χ1n) is 8.43. The van der Waals surface area contributed by atoms with Crippen LogP contribution in [0.4, 0.5) is 0 Å². The van der Waals surface area contributed by atoms with Gasteiger partial charge in [-0.15, -0.1) is 0 Å². The summed E-state index contributed by atoms with van der Waals surface area (Å²) in [5.74, 6) is 0.484. The molecule has 0 aliphatic carbocycles. The smallest absolute Gasteiger partial charge is 0.219 e. The normalized spacial score (nSPS) is 17.1. The molecule has 0 spiro atoms. The van der Waals surface area contributed by atoms with E-state index >= 15 is 0 Å². The molecule has 0 unspecified atom stereocenters. The highest BCUT2D eigenvalue weighted by molar-refractivity contribution is 7.91. The van der Waals surface area contributed by atoms with Crippen molar-refractivity contribution in [1.29, 1.82) is 0 Å². The molecule has 0 bridgehead atoms. The Labute approximate surface area is 169 Å². The molecule has 0 saturated carbocycles. The van der Waals surface area contributed by atoms with E-state index in [9.17, 15) is 16.8 Å². The molecule has 1 aliphatic heterocycles. The molecule has 0 aromatic heterocycles. The number of sulfone groups is 1. The Morgan fingerprint density at radius 2 is 1.44 bits per heavy atom. The number of rotatable bonds is 4. The Bertz CT molecular complexity index is 1060. The fraction of sp³-hybridized carbons (Fsp3) is 0.333. The first kappa shape index (κ1) is 20.6. The Balaban J connectivity index is 1.98. The van der Waals surface area contributed by atoms with E-state index in [0.29, 0.717) is 19.0 Å². The van der Waals surface area contributed by atoms with Gasteiger partial charge in [-0.3, -0.25) is 0 Å². The van der Waals surface area contributed by atoms with Gasteiger partial charge < -0.3 is 0 Å². The standard InChI is InChI=1S/C18H19Cl2NO4S2/c1-13-7-9-21(10-8-13)27(24,25)16-4-2-3-14(11-16)26(22,23)15-5-6-17(19)18(20)12-15/h2-6,11-13H,7-10H2,1H3. The maximum Gasteiger partial charge on any atom is 0.243 e. The van der Waals surface area contributed by atoms with Crippen molar-refractivity contribution in [1.82, 2.24) is 4.31 Å². The fourth-order valence-corrected chi connectivity index (χ4v) is 6.24. The first-order valence-corrected chi connectivity index (χ1v) is 12.1. The van der Waals surface area contributed by atoms with Crippen molar-refractivity contribution < 1.29 is 16.8 Å². The minimum Gasteiger partial charge on any atom is -0.219 e. The van der Waals surface area contributed by atoms with Crippen LogP contribution in [0.2, 0.25) is 10.0 Å². The second kappa shape index (κ2) is 7.72. The second-order valence-electron chi connectivity index (χ2n) is 6.64. The molecule has 1 fully saturated rings. The predicted molar refractivity (Wildman–Crippen MR) is 106 cm³/mol. The van der Waals surface area contributed by atoms with Crippen molar-refractivity contribution >= 4 is 43.1 Å². The summed E-state index contributed by atoms with van der Waals surface area (Å²) in [5.41, 5.74) is 0. The van der Waals surface area contributed by atoms with Crippen LogP contribution >= 0.6 is 23.2 Å². The molecule has 0 amide bonds. The zero-order chi connectivity index (χ0) is 19.8. The van der Waals surface area contributed by atoms with Gasteiger partial charge >= 0.3 is 0 Å². The summed E-state index contributed by atoms with van der Waals surface area (Å²) in [4.78, 5) is -0.177. The molecule has 146 valence electrons. The van der Waals surface area contributed by atoms with Gasteiger partial charge in [-0.05, 0) is 55.2 Å². The summed E-state index contributed by atoms with van der Waals surface area (Å²) >= 11 is 11.8. The van der Waals surface area contributed by atoms with Crippen LogP contribution in [0, 0.1) is 5.92 Å². The molecule has 0 atom stereocenters. The summed E-state index contributed by atoms with van der Waals surface area (Å²) in [6, 6.07) is 9.42. The first-order chi connectivity index (χ1) is 12.6. The summed E-state index contributed by atoms with van der Waals surface area (Å²) in [5, 5.41) is 0.357. The second-order valence-corrected chi connectivity index (χ2v) is 11.3. The van der Waals surface area contributed by atoms with E-state index in [1.165, 1.54) is 46.8 Å². The van der Waals surface area contributed by atoms with Crippen LogP contribution in [-0.4, -0.2) is 34.2 Å². The predicted octanol–water partition coefficient (Wildman–Crippen LogP) is 4.25. The molecule has 1 aliphatic rings. The Morgan fingerprint density at radius 3 is 2.07 bits per heavy atom. The number of benzene rings is 2. The van der Waals surface area contributed by atoms with Crippen molar-refractivity contribution in [2.75, 3.05) is 13.1 Å². The van der Waals surface area contributed by atoms with E-state index in [-0.39, 0.29) is 24.7 Å². The fourth-order valence-electron chi connectivity index (χ4n) is 2.96. The van der Waals surface area contributed by atoms with E-state index in [4.69, 9.17) is 23.2 Å². The van der Waals surface area contributed by atoms with Crippen molar-refractivity contribution in [3.05, 3.63) is 52.5 Å². The number of halogens is 2. The number of hydrogen-bond acceptors (Lipinski definition) is 4. The lowest BCUT2D eigenvalue weighted by molar-refractivity contribution is 0.288. The number of piperidine rings is 1. The van der Waals surface area contributed by atoms with Gasteiger partial charge in [-0.25, -0.2) is 16.8 Å². The highest BCUT2D eigenvalue weighted by Crippen LogP contribution is 2.30. The Hall–Kier alpha value is -1.12. The summed E-state index contributed by atoms with van der Waals surface area (Å²) in [6.45, 7) is 2.97. The van der Waals surface area contributed by atoms with Gasteiger partial charge in [0.15, 0.2) is 0 Å². The molecule has 2 aromatic rings. The molecule has 2 aromatic carbocycles. The van der Waals surface area contributed by atoms with Crippen LogP contribution in [0.3, 0.4) is 0 Å². The molecule has 27 heavy (non-hydrogen) atoms. The lowest BCUT2D eigenvalue weighted by Gasteiger charge is -2.29. The molecule has 1 heterocycles. The molecule has 1 saturated heterocycles. The molecule has 9 heteroatoms. The van der Waals surface area contributed by atoms with E-state index < -0.39 is 19.9 Å². The third-order valence-corrected chi connectivity index (χ3v) is 9.08. The van der Waals surface area contributed by atoms with Gasteiger partial charge in [0.2, 0.25) is 19.9 Å². The van der Waals surface area contributed by atoms with Gasteiger partial charge in [-0.1, -0.05) is 36.2 Å². The third-order valence-electron chi connectivity index (χ3n) is 4.70. The molecule has 3 rings (SSSR count). The van der Waals surface area contributed by atoms with E-state index in [0.717, 1.165) is 12.8 Å². The van der Waals surface area contributed by atoms with Crippen LogP contribution in [-0.2, 0) is 19.9 Å². The SMILES string of the molecule is CC1CCN(S(=O)(=O)c2cccc(S(=O)(=O)c3ccc(Cl)c(Cl)c3)c2)CC1. The Kier molecular flexibility index (Phi) is 5.89. The van der Waals surface area contributed by atoms with Gasteiger partial charge in [0.1, 0.15) is 0 Å². The van der Waals surface area contributed by atoms with Crippen LogP contribution in [0.25, 0.3) is 0 Å². The van der Waals surface area contributed by atoms with Crippen molar-refractivity contribution in [2.24, 2.45) is 5.92 Å². The van der Waals surface area contributed by atoms with Gasteiger partial charge in [-0.2, -0.15) is 4.31 Å².